The molecule has 0 saturated heterocycles. The second-order valence-corrected chi connectivity index (χ2v) is 7.36. The SMILES string of the molecule is C#CCn1c(=NC(=O)C2COc3ccccc3O2)sc2cc(NC(C)=O)ccc21. The van der Waals surface area contributed by atoms with Gasteiger partial charge in [-0.15, -0.1) is 6.42 Å². The summed E-state index contributed by atoms with van der Waals surface area (Å²) in [6, 6.07) is 12.6. The molecular weight excluding hydrogens is 390 g/mol. The lowest BCUT2D eigenvalue weighted by atomic mass is 10.2. The Kier molecular flexibility index (Phi) is 5.06. The maximum Gasteiger partial charge on any atom is 0.292 e. The quantitative estimate of drug-likeness (QED) is 0.677. The van der Waals surface area contributed by atoms with Crippen LogP contribution in [-0.2, 0) is 16.1 Å². The van der Waals surface area contributed by atoms with E-state index in [0.29, 0.717) is 22.0 Å². The molecule has 0 aliphatic carbocycles. The second kappa shape index (κ2) is 7.81. The maximum absolute atomic E-state index is 12.7. The molecule has 4 rings (SSSR count). The Balaban J connectivity index is 1.69. The van der Waals surface area contributed by atoms with Crippen LogP contribution in [0.5, 0.6) is 11.5 Å². The highest BCUT2D eigenvalue weighted by atomic mass is 32.1. The third-order valence-electron chi connectivity index (χ3n) is 4.24. The largest absolute Gasteiger partial charge is 0.485 e. The van der Waals surface area contributed by atoms with Crippen LogP contribution in [0.15, 0.2) is 47.5 Å². The fraction of sp³-hybridized carbons (Fsp3) is 0.190. The van der Waals surface area contributed by atoms with E-state index in [4.69, 9.17) is 15.9 Å². The highest BCUT2D eigenvalue weighted by Gasteiger charge is 2.27. The molecule has 0 spiro atoms. The van der Waals surface area contributed by atoms with E-state index < -0.39 is 12.0 Å². The maximum atomic E-state index is 12.7. The minimum Gasteiger partial charge on any atom is -0.485 e. The molecule has 0 bridgehead atoms. The molecule has 1 aliphatic heterocycles. The monoisotopic (exact) mass is 407 g/mol. The molecule has 1 atom stereocenters. The van der Waals surface area contributed by atoms with E-state index in [2.05, 4.69) is 16.2 Å². The topological polar surface area (TPSA) is 81.9 Å². The molecule has 0 radical (unpaired) electrons. The summed E-state index contributed by atoms with van der Waals surface area (Å²) in [5.41, 5.74) is 1.50. The molecule has 2 amide bonds. The molecule has 1 aliphatic rings. The van der Waals surface area contributed by atoms with Crippen molar-refractivity contribution in [3.63, 3.8) is 0 Å². The molecule has 1 N–H and O–H groups in total. The van der Waals surface area contributed by atoms with Gasteiger partial charge >= 0.3 is 0 Å². The summed E-state index contributed by atoms with van der Waals surface area (Å²) < 4.78 is 14.0. The van der Waals surface area contributed by atoms with Crippen LogP contribution in [-0.4, -0.2) is 29.1 Å². The number of fused-ring (bicyclic) bond motifs is 2. The third kappa shape index (κ3) is 3.86. The summed E-state index contributed by atoms with van der Waals surface area (Å²) >= 11 is 1.32. The zero-order chi connectivity index (χ0) is 20.4. The van der Waals surface area contributed by atoms with Crippen molar-refractivity contribution >= 4 is 39.1 Å². The number of para-hydroxylation sites is 2. The van der Waals surface area contributed by atoms with E-state index in [-0.39, 0.29) is 19.1 Å². The molecule has 1 aromatic heterocycles. The van der Waals surface area contributed by atoms with Crippen molar-refractivity contribution in [3.05, 3.63) is 47.3 Å². The van der Waals surface area contributed by atoms with Gasteiger partial charge in [0.05, 0.1) is 16.8 Å². The molecule has 1 unspecified atom stereocenters. The number of terminal acetylenes is 1. The van der Waals surface area contributed by atoms with Gasteiger partial charge in [0.25, 0.3) is 5.91 Å². The Morgan fingerprint density at radius 1 is 1.31 bits per heavy atom. The lowest BCUT2D eigenvalue weighted by Crippen LogP contribution is -2.36. The number of amides is 2. The van der Waals surface area contributed by atoms with Crippen LogP contribution in [0, 0.1) is 12.3 Å². The summed E-state index contributed by atoms with van der Waals surface area (Å²) in [6.45, 7) is 1.80. The highest BCUT2D eigenvalue weighted by Crippen LogP contribution is 2.31. The van der Waals surface area contributed by atoms with Gasteiger partial charge in [0.15, 0.2) is 16.3 Å². The minimum absolute atomic E-state index is 0.0893. The van der Waals surface area contributed by atoms with Gasteiger partial charge in [0.2, 0.25) is 12.0 Å². The molecular formula is C21H17N3O4S. The van der Waals surface area contributed by atoms with E-state index in [1.54, 1.807) is 22.8 Å². The number of ether oxygens (including phenoxy) is 2. The number of nitrogens with zero attached hydrogens (tertiary/aromatic N) is 2. The molecule has 3 aromatic rings. The average Bonchev–Trinajstić information content (AvgIpc) is 3.03. The van der Waals surface area contributed by atoms with Crippen LogP contribution < -0.4 is 19.6 Å². The average molecular weight is 407 g/mol. The van der Waals surface area contributed by atoms with Gasteiger partial charge in [0.1, 0.15) is 6.61 Å². The predicted octanol–water partition coefficient (Wildman–Crippen LogP) is 2.56. The van der Waals surface area contributed by atoms with Crippen molar-refractivity contribution in [3.8, 4) is 23.8 Å². The van der Waals surface area contributed by atoms with E-state index in [0.717, 1.165) is 10.2 Å². The summed E-state index contributed by atoms with van der Waals surface area (Å²) in [7, 11) is 0. The fourth-order valence-electron chi connectivity index (χ4n) is 2.99. The fourth-order valence-corrected chi connectivity index (χ4v) is 4.07. The molecule has 0 saturated carbocycles. The Hall–Kier alpha value is -3.57. The van der Waals surface area contributed by atoms with Crippen molar-refractivity contribution in [1.82, 2.24) is 4.57 Å². The molecule has 7 nitrogen and oxygen atoms in total. The Morgan fingerprint density at radius 3 is 2.86 bits per heavy atom. The minimum atomic E-state index is -0.829. The van der Waals surface area contributed by atoms with E-state index in [9.17, 15) is 9.59 Å². The van der Waals surface area contributed by atoms with Gasteiger partial charge in [-0.05, 0) is 30.3 Å². The van der Waals surface area contributed by atoms with Gasteiger partial charge in [0, 0.05) is 12.6 Å². The predicted molar refractivity (Wildman–Crippen MR) is 110 cm³/mol. The molecule has 8 heteroatoms. The van der Waals surface area contributed by atoms with Crippen molar-refractivity contribution < 1.29 is 19.1 Å². The van der Waals surface area contributed by atoms with Crippen LogP contribution >= 0.6 is 11.3 Å². The number of nitrogens with one attached hydrogen (secondary N) is 1. The Morgan fingerprint density at radius 2 is 2.10 bits per heavy atom. The van der Waals surface area contributed by atoms with E-state index in [1.807, 2.05) is 24.3 Å². The summed E-state index contributed by atoms with van der Waals surface area (Å²) in [5, 5.41) is 2.74. The number of hydrogen-bond acceptors (Lipinski definition) is 5. The molecule has 2 heterocycles. The van der Waals surface area contributed by atoms with Gasteiger partial charge in [-0.2, -0.15) is 4.99 Å². The third-order valence-corrected chi connectivity index (χ3v) is 5.28. The van der Waals surface area contributed by atoms with Gasteiger partial charge in [-0.3, -0.25) is 9.59 Å². The molecule has 29 heavy (non-hydrogen) atoms. The number of rotatable bonds is 3. The van der Waals surface area contributed by atoms with Crippen molar-refractivity contribution in [2.24, 2.45) is 4.99 Å². The van der Waals surface area contributed by atoms with Gasteiger partial charge in [-0.25, -0.2) is 0 Å². The van der Waals surface area contributed by atoms with Crippen LogP contribution in [0.25, 0.3) is 10.2 Å². The van der Waals surface area contributed by atoms with Gasteiger partial charge < -0.3 is 19.4 Å². The van der Waals surface area contributed by atoms with Crippen molar-refractivity contribution in [2.45, 2.75) is 19.6 Å². The molecule has 146 valence electrons. The number of aromatic nitrogens is 1. The first-order valence-corrected chi connectivity index (χ1v) is 9.68. The Bertz CT molecular complexity index is 1220. The van der Waals surface area contributed by atoms with Crippen LogP contribution in [0.3, 0.4) is 0 Å². The first-order valence-electron chi connectivity index (χ1n) is 8.86. The van der Waals surface area contributed by atoms with Crippen LogP contribution in [0.1, 0.15) is 6.92 Å². The second-order valence-electron chi connectivity index (χ2n) is 6.35. The first-order chi connectivity index (χ1) is 14.0. The van der Waals surface area contributed by atoms with E-state index in [1.165, 1.54) is 18.3 Å². The first kappa shape index (κ1) is 18.8. The number of carbonyl (C=O) groups excluding carboxylic acids is 2. The Labute approximate surface area is 170 Å². The lowest BCUT2D eigenvalue weighted by Gasteiger charge is -2.23. The molecule has 0 fully saturated rings. The molecule has 2 aromatic carbocycles. The smallest absolute Gasteiger partial charge is 0.292 e. The lowest BCUT2D eigenvalue weighted by molar-refractivity contribution is -0.127. The summed E-state index contributed by atoms with van der Waals surface area (Å²) in [5.74, 6) is 3.10. The number of anilines is 1. The standard InChI is InChI=1S/C21H17N3O4S/c1-3-10-24-15-9-8-14(22-13(2)25)11-19(15)29-21(24)23-20(26)18-12-27-16-6-4-5-7-17(16)28-18/h1,4-9,11,18H,10,12H2,2H3,(H,22,25). The normalized spacial score (nSPS) is 15.7. The van der Waals surface area contributed by atoms with E-state index >= 15 is 0 Å². The number of benzene rings is 2. The van der Waals surface area contributed by atoms with Crippen LogP contribution in [0.2, 0.25) is 0 Å². The number of carbonyl (C=O) groups is 2. The van der Waals surface area contributed by atoms with Crippen LogP contribution in [0.4, 0.5) is 5.69 Å². The highest BCUT2D eigenvalue weighted by molar-refractivity contribution is 7.16. The van der Waals surface area contributed by atoms with Crippen molar-refractivity contribution in [2.75, 3.05) is 11.9 Å². The summed E-state index contributed by atoms with van der Waals surface area (Å²) in [6.07, 6.45) is 4.68. The van der Waals surface area contributed by atoms with Gasteiger partial charge in [-0.1, -0.05) is 29.4 Å². The number of thiazole rings is 1. The number of hydrogen-bond donors (Lipinski definition) is 1. The zero-order valence-corrected chi connectivity index (χ0v) is 16.4. The van der Waals surface area contributed by atoms with Crippen molar-refractivity contribution in [1.29, 1.82) is 0 Å². The summed E-state index contributed by atoms with van der Waals surface area (Å²) in [4.78, 5) is 28.8. The zero-order valence-electron chi connectivity index (χ0n) is 15.5.